The van der Waals surface area contributed by atoms with E-state index in [0.29, 0.717) is 12.8 Å². The summed E-state index contributed by atoms with van der Waals surface area (Å²) in [6.45, 7) is 2.77. The standard InChI is InChI=1S/C20H25F2N3O3/c1-3-13(10-12-4-6-14(7-5-12)19(2,21)22)16(26)23-11-20(15-8-9-15)17(27)24-18(28)25-20/h4-7,13,15H,3,8-11H2,1-2H3,(H,23,26)(H2,24,25,27,28)/t13?,20-/m0/s1. The van der Waals surface area contributed by atoms with Gasteiger partial charge in [-0.05, 0) is 37.2 Å². The third-order valence-corrected chi connectivity index (χ3v) is 5.59. The topological polar surface area (TPSA) is 87.3 Å². The Balaban J connectivity index is 1.62. The molecule has 4 amide bonds. The number of carbonyl (C=O) groups excluding carboxylic acids is 3. The predicted octanol–water partition coefficient (Wildman–Crippen LogP) is 2.47. The summed E-state index contributed by atoms with van der Waals surface area (Å²) in [5.74, 6) is -3.85. The molecule has 1 aromatic rings. The first kappa shape index (κ1) is 20.2. The molecule has 0 radical (unpaired) electrons. The highest BCUT2D eigenvalue weighted by Crippen LogP contribution is 2.41. The van der Waals surface area contributed by atoms with Crippen LogP contribution in [0.4, 0.5) is 13.6 Å². The highest BCUT2D eigenvalue weighted by Gasteiger charge is 2.56. The number of imide groups is 1. The summed E-state index contributed by atoms with van der Waals surface area (Å²) >= 11 is 0. The fourth-order valence-corrected chi connectivity index (χ4v) is 3.65. The quantitative estimate of drug-likeness (QED) is 0.593. The van der Waals surface area contributed by atoms with Crippen LogP contribution in [-0.4, -0.2) is 29.9 Å². The summed E-state index contributed by atoms with van der Waals surface area (Å²) in [5, 5.41) is 7.74. The molecule has 8 heteroatoms. The van der Waals surface area contributed by atoms with Crippen molar-refractivity contribution in [1.29, 1.82) is 0 Å². The van der Waals surface area contributed by atoms with Crippen molar-refractivity contribution in [3.05, 3.63) is 35.4 Å². The van der Waals surface area contributed by atoms with E-state index >= 15 is 0 Å². The highest BCUT2D eigenvalue weighted by molar-refractivity contribution is 6.07. The Morgan fingerprint density at radius 3 is 2.39 bits per heavy atom. The lowest BCUT2D eigenvalue weighted by Crippen LogP contribution is -2.57. The number of rotatable bonds is 8. The van der Waals surface area contributed by atoms with Crippen LogP contribution in [0.2, 0.25) is 0 Å². The van der Waals surface area contributed by atoms with Gasteiger partial charge in [-0.3, -0.25) is 14.9 Å². The van der Waals surface area contributed by atoms with E-state index in [-0.39, 0.29) is 29.9 Å². The van der Waals surface area contributed by atoms with Crippen LogP contribution in [0.3, 0.4) is 0 Å². The number of amides is 4. The molecule has 0 spiro atoms. The molecule has 1 aliphatic carbocycles. The third-order valence-electron chi connectivity index (χ3n) is 5.59. The van der Waals surface area contributed by atoms with Crippen molar-refractivity contribution in [2.45, 2.75) is 51.0 Å². The van der Waals surface area contributed by atoms with E-state index in [2.05, 4.69) is 16.0 Å². The van der Waals surface area contributed by atoms with Crippen molar-refractivity contribution in [2.24, 2.45) is 11.8 Å². The zero-order chi connectivity index (χ0) is 20.5. The Kier molecular flexibility index (Phi) is 5.41. The zero-order valence-corrected chi connectivity index (χ0v) is 16.0. The lowest BCUT2D eigenvalue weighted by atomic mass is 9.91. The van der Waals surface area contributed by atoms with Crippen molar-refractivity contribution < 1.29 is 23.2 Å². The van der Waals surface area contributed by atoms with Gasteiger partial charge in [-0.2, -0.15) is 0 Å². The average Bonchev–Trinajstić information content (AvgIpc) is 3.43. The number of carbonyl (C=O) groups is 3. The molecule has 1 saturated heterocycles. The highest BCUT2D eigenvalue weighted by atomic mass is 19.3. The Hall–Kier alpha value is -2.51. The van der Waals surface area contributed by atoms with E-state index in [1.807, 2.05) is 6.92 Å². The number of nitrogens with one attached hydrogen (secondary N) is 3. The minimum absolute atomic E-state index is 0.0302. The Morgan fingerprint density at radius 2 is 1.93 bits per heavy atom. The van der Waals surface area contributed by atoms with Crippen LogP contribution in [0.5, 0.6) is 0 Å². The molecular weight excluding hydrogens is 368 g/mol. The van der Waals surface area contributed by atoms with Crippen molar-refractivity contribution >= 4 is 17.8 Å². The van der Waals surface area contributed by atoms with Gasteiger partial charge in [0.1, 0.15) is 5.54 Å². The Labute approximate surface area is 162 Å². The molecule has 6 nitrogen and oxygen atoms in total. The van der Waals surface area contributed by atoms with E-state index in [9.17, 15) is 23.2 Å². The normalized spacial score (nSPS) is 23.1. The van der Waals surface area contributed by atoms with Gasteiger partial charge in [0, 0.05) is 18.4 Å². The lowest BCUT2D eigenvalue weighted by Gasteiger charge is -2.27. The maximum absolute atomic E-state index is 13.3. The molecule has 28 heavy (non-hydrogen) atoms. The first-order valence-corrected chi connectivity index (χ1v) is 9.54. The number of alkyl halides is 2. The van der Waals surface area contributed by atoms with E-state index in [1.54, 1.807) is 12.1 Å². The van der Waals surface area contributed by atoms with Crippen molar-refractivity contribution in [2.75, 3.05) is 6.54 Å². The van der Waals surface area contributed by atoms with Crippen LogP contribution < -0.4 is 16.0 Å². The van der Waals surface area contributed by atoms with Crippen molar-refractivity contribution in [3.8, 4) is 0 Å². The third kappa shape index (κ3) is 4.15. The van der Waals surface area contributed by atoms with Gasteiger partial charge < -0.3 is 10.6 Å². The summed E-state index contributed by atoms with van der Waals surface area (Å²) in [7, 11) is 0. The molecule has 152 valence electrons. The van der Waals surface area contributed by atoms with Crippen LogP contribution in [0.15, 0.2) is 24.3 Å². The number of halogens is 2. The first-order chi connectivity index (χ1) is 13.2. The van der Waals surface area contributed by atoms with Gasteiger partial charge in [-0.25, -0.2) is 13.6 Å². The zero-order valence-electron chi connectivity index (χ0n) is 16.0. The minimum Gasteiger partial charge on any atom is -0.353 e. The maximum atomic E-state index is 13.3. The molecule has 2 fully saturated rings. The van der Waals surface area contributed by atoms with E-state index in [4.69, 9.17) is 0 Å². The van der Waals surface area contributed by atoms with Gasteiger partial charge in [0.05, 0.1) is 6.54 Å². The smallest absolute Gasteiger partial charge is 0.322 e. The second-order valence-corrected chi connectivity index (χ2v) is 7.77. The molecule has 2 atom stereocenters. The van der Waals surface area contributed by atoms with Gasteiger partial charge in [0.25, 0.3) is 11.8 Å². The van der Waals surface area contributed by atoms with E-state index in [0.717, 1.165) is 25.3 Å². The molecule has 1 aliphatic heterocycles. The molecule has 1 unspecified atom stereocenters. The SMILES string of the molecule is CCC(Cc1ccc(C(C)(F)F)cc1)C(=O)NC[C@@]1(C2CC2)NC(=O)NC1=O. The van der Waals surface area contributed by atoms with Gasteiger partial charge >= 0.3 is 6.03 Å². The van der Waals surface area contributed by atoms with Gasteiger partial charge in [-0.1, -0.05) is 31.2 Å². The largest absolute Gasteiger partial charge is 0.353 e. The van der Waals surface area contributed by atoms with Crippen LogP contribution in [0.25, 0.3) is 0 Å². The van der Waals surface area contributed by atoms with Crippen molar-refractivity contribution in [1.82, 2.24) is 16.0 Å². The molecular formula is C20H25F2N3O3. The molecule has 1 heterocycles. The Morgan fingerprint density at radius 1 is 1.29 bits per heavy atom. The lowest BCUT2D eigenvalue weighted by molar-refractivity contribution is -0.127. The van der Waals surface area contributed by atoms with E-state index < -0.39 is 23.4 Å². The summed E-state index contributed by atoms with van der Waals surface area (Å²) < 4.78 is 26.7. The fraction of sp³-hybridized carbons (Fsp3) is 0.550. The average molecular weight is 393 g/mol. The van der Waals surface area contributed by atoms with Crippen LogP contribution in [-0.2, 0) is 21.9 Å². The molecule has 3 rings (SSSR count). The summed E-state index contributed by atoms with van der Waals surface area (Å²) in [4.78, 5) is 36.5. The fourth-order valence-electron chi connectivity index (χ4n) is 3.65. The molecule has 0 aromatic heterocycles. The number of benzene rings is 1. The number of hydrogen-bond acceptors (Lipinski definition) is 3. The minimum atomic E-state index is -2.90. The summed E-state index contributed by atoms with van der Waals surface area (Å²) in [6.07, 6.45) is 2.63. The second kappa shape index (κ2) is 7.48. The number of urea groups is 1. The van der Waals surface area contributed by atoms with Crippen LogP contribution in [0, 0.1) is 11.8 Å². The van der Waals surface area contributed by atoms with Gasteiger partial charge in [0.2, 0.25) is 5.91 Å². The van der Waals surface area contributed by atoms with Gasteiger partial charge in [-0.15, -0.1) is 0 Å². The molecule has 1 aromatic carbocycles. The van der Waals surface area contributed by atoms with Gasteiger partial charge in [0.15, 0.2) is 0 Å². The first-order valence-electron chi connectivity index (χ1n) is 9.54. The molecule has 3 N–H and O–H groups in total. The summed E-state index contributed by atoms with van der Waals surface area (Å²) in [6, 6.07) is 5.44. The second-order valence-electron chi connectivity index (χ2n) is 7.77. The van der Waals surface area contributed by atoms with Crippen LogP contribution in [0.1, 0.15) is 44.2 Å². The van der Waals surface area contributed by atoms with Crippen LogP contribution >= 0.6 is 0 Å². The number of hydrogen-bond donors (Lipinski definition) is 3. The van der Waals surface area contributed by atoms with Crippen molar-refractivity contribution in [3.63, 3.8) is 0 Å². The van der Waals surface area contributed by atoms with E-state index in [1.165, 1.54) is 12.1 Å². The maximum Gasteiger partial charge on any atom is 0.322 e. The predicted molar refractivity (Wildman–Crippen MR) is 98.6 cm³/mol. The molecule has 2 aliphatic rings. The Bertz CT molecular complexity index is 772. The summed E-state index contributed by atoms with van der Waals surface area (Å²) in [5.41, 5.74) is -0.346. The monoisotopic (exact) mass is 393 g/mol. The molecule has 1 saturated carbocycles. The molecule has 0 bridgehead atoms.